The van der Waals surface area contributed by atoms with E-state index in [0.717, 1.165) is 41.7 Å². The van der Waals surface area contributed by atoms with Crippen LogP contribution in [0, 0.1) is 6.92 Å². The maximum atomic E-state index is 12.9. The number of carbonyl (C=O) groups excluding carboxylic acids is 1. The maximum absolute atomic E-state index is 12.9. The molecule has 1 aliphatic heterocycles. The molecule has 8 nitrogen and oxygen atoms in total. The molecule has 1 fully saturated rings. The molecule has 34 heavy (non-hydrogen) atoms. The van der Waals surface area contributed by atoms with Gasteiger partial charge in [0.15, 0.2) is 5.65 Å². The average Bonchev–Trinajstić information content (AvgIpc) is 3.20. The standard InChI is InChI=1S/C23H20F3N7O/c1-14-3-4-15(22(34)31-17-8-16(9-27-10-17)23(24,25)26)7-19(14)30-18-12-32(13-18)20-11-29-33-6-2-5-28-21(20)33/h2-11,18,30H,12-13H2,1H3,(H,31,34). The van der Waals surface area contributed by atoms with Crippen molar-refractivity contribution in [1.82, 2.24) is 19.6 Å². The van der Waals surface area contributed by atoms with Gasteiger partial charge in [0.1, 0.15) is 5.69 Å². The molecule has 0 atom stereocenters. The van der Waals surface area contributed by atoms with Crippen molar-refractivity contribution in [3.05, 3.63) is 78.0 Å². The van der Waals surface area contributed by atoms with Crippen LogP contribution in [0.25, 0.3) is 5.65 Å². The number of aryl methyl sites for hydroxylation is 1. The maximum Gasteiger partial charge on any atom is 0.417 e. The Balaban J connectivity index is 1.25. The first-order chi connectivity index (χ1) is 16.3. The number of fused-ring (bicyclic) bond motifs is 1. The second-order valence-corrected chi connectivity index (χ2v) is 8.11. The second kappa shape index (κ2) is 8.32. The van der Waals surface area contributed by atoms with Crippen molar-refractivity contribution >= 4 is 28.6 Å². The predicted octanol–water partition coefficient (Wildman–Crippen LogP) is 4.00. The molecule has 174 valence electrons. The molecule has 0 saturated carbocycles. The Bertz CT molecular complexity index is 1360. The van der Waals surface area contributed by atoms with Gasteiger partial charge in [-0.25, -0.2) is 9.50 Å². The third-order valence-corrected chi connectivity index (χ3v) is 5.67. The van der Waals surface area contributed by atoms with Crippen LogP contribution in [-0.4, -0.2) is 44.6 Å². The molecule has 0 spiro atoms. The fraction of sp³-hybridized carbons (Fsp3) is 0.217. The zero-order valence-corrected chi connectivity index (χ0v) is 18.0. The summed E-state index contributed by atoms with van der Waals surface area (Å²) in [5, 5.41) is 10.2. The number of amides is 1. The highest BCUT2D eigenvalue weighted by molar-refractivity contribution is 6.04. The van der Waals surface area contributed by atoms with Gasteiger partial charge < -0.3 is 15.5 Å². The van der Waals surface area contributed by atoms with Crippen LogP contribution < -0.4 is 15.5 Å². The van der Waals surface area contributed by atoms with Gasteiger partial charge in [0.25, 0.3) is 5.91 Å². The van der Waals surface area contributed by atoms with E-state index in [1.165, 1.54) is 6.20 Å². The Morgan fingerprint density at radius 2 is 1.97 bits per heavy atom. The number of hydrogen-bond acceptors (Lipinski definition) is 6. The number of halogens is 3. The number of anilines is 3. The van der Waals surface area contributed by atoms with Gasteiger partial charge in [-0.1, -0.05) is 6.07 Å². The van der Waals surface area contributed by atoms with Gasteiger partial charge in [-0.2, -0.15) is 18.3 Å². The van der Waals surface area contributed by atoms with E-state index in [2.05, 4.69) is 30.6 Å². The number of carbonyl (C=O) groups is 1. The summed E-state index contributed by atoms with van der Waals surface area (Å²) in [6.45, 7) is 3.40. The number of alkyl halides is 3. The molecule has 3 aromatic heterocycles. The van der Waals surface area contributed by atoms with Crippen molar-refractivity contribution in [1.29, 1.82) is 0 Å². The normalized spacial score (nSPS) is 14.2. The van der Waals surface area contributed by atoms with Gasteiger partial charge in [-0.05, 0) is 36.8 Å². The Hall–Kier alpha value is -4.15. The molecule has 2 N–H and O–H groups in total. The van der Waals surface area contributed by atoms with Gasteiger partial charge in [-0.3, -0.25) is 9.78 Å². The van der Waals surface area contributed by atoms with Crippen LogP contribution >= 0.6 is 0 Å². The number of benzene rings is 1. The smallest absolute Gasteiger partial charge is 0.379 e. The monoisotopic (exact) mass is 467 g/mol. The molecule has 1 aromatic carbocycles. The summed E-state index contributed by atoms with van der Waals surface area (Å²) in [7, 11) is 0. The van der Waals surface area contributed by atoms with Crippen molar-refractivity contribution in [2.24, 2.45) is 0 Å². The zero-order chi connectivity index (χ0) is 23.9. The van der Waals surface area contributed by atoms with Gasteiger partial charge in [-0.15, -0.1) is 0 Å². The zero-order valence-electron chi connectivity index (χ0n) is 18.0. The van der Waals surface area contributed by atoms with Crippen LogP contribution in [-0.2, 0) is 6.18 Å². The first-order valence-corrected chi connectivity index (χ1v) is 10.5. The van der Waals surface area contributed by atoms with Crippen molar-refractivity contribution < 1.29 is 18.0 Å². The Morgan fingerprint density at radius 1 is 1.15 bits per heavy atom. The molecule has 0 aliphatic carbocycles. The van der Waals surface area contributed by atoms with E-state index in [1.807, 2.05) is 19.2 Å². The van der Waals surface area contributed by atoms with Gasteiger partial charge in [0, 0.05) is 42.9 Å². The lowest BCUT2D eigenvalue weighted by atomic mass is 10.0. The average molecular weight is 467 g/mol. The lowest BCUT2D eigenvalue weighted by molar-refractivity contribution is -0.137. The predicted molar refractivity (Wildman–Crippen MR) is 121 cm³/mol. The minimum Gasteiger partial charge on any atom is -0.379 e. The van der Waals surface area contributed by atoms with E-state index < -0.39 is 17.6 Å². The van der Waals surface area contributed by atoms with Crippen molar-refractivity contribution in [2.45, 2.75) is 19.1 Å². The third-order valence-electron chi connectivity index (χ3n) is 5.67. The van der Waals surface area contributed by atoms with Crippen LogP contribution in [0.4, 0.5) is 30.2 Å². The van der Waals surface area contributed by atoms with Gasteiger partial charge >= 0.3 is 6.18 Å². The summed E-state index contributed by atoms with van der Waals surface area (Å²) in [6.07, 6.45) is 2.72. The van der Waals surface area contributed by atoms with Crippen LogP contribution in [0.2, 0.25) is 0 Å². The molecule has 5 rings (SSSR count). The molecule has 0 unspecified atom stereocenters. The van der Waals surface area contributed by atoms with E-state index in [-0.39, 0.29) is 11.7 Å². The van der Waals surface area contributed by atoms with Crippen molar-refractivity contribution in [3.63, 3.8) is 0 Å². The fourth-order valence-corrected chi connectivity index (χ4v) is 3.81. The first kappa shape index (κ1) is 21.7. The minimum atomic E-state index is -4.54. The van der Waals surface area contributed by atoms with E-state index in [9.17, 15) is 18.0 Å². The lowest BCUT2D eigenvalue weighted by Gasteiger charge is -2.41. The lowest BCUT2D eigenvalue weighted by Crippen LogP contribution is -2.55. The molecule has 4 aromatic rings. The Labute approximate surface area is 192 Å². The number of nitrogens with zero attached hydrogens (tertiary/aromatic N) is 5. The number of aromatic nitrogens is 4. The second-order valence-electron chi connectivity index (χ2n) is 8.11. The van der Waals surface area contributed by atoms with Gasteiger partial charge in [0.2, 0.25) is 0 Å². The summed E-state index contributed by atoms with van der Waals surface area (Å²) >= 11 is 0. The fourth-order valence-electron chi connectivity index (χ4n) is 3.81. The largest absolute Gasteiger partial charge is 0.417 e. The highest BCUT2D eigenvalue weighted by atomic mass is 19.4. The van der Waals surface area contributed by atoms with Crippen molar-refractivity contribution in [3.8, 4) is 0 Å². The van der Waals surface area contributed by atoms with Crippen LogP contribution in [0.3, 0.4) is 0 Å². The third kappa shape index (κ3) is 4.24. The van der Waals surface area contributed by atoms with E-state index in [0.29, 0.717) is 11.8 Å². The van der Waals surface area contributed by atoms with E-state index >= 15 is 0 Å². The van der Waals surface area contributed by atoms with Crippen LogP contribution in [0.15, 0.2) is 61.3 Å². The molecular formula is C23H20F3N7O. The highest BCUT2D eigenvalue weighted by Gasteiger charge is 2.31. The quantitative estimate of drug-likeness (QED) is 0.461. The van der Waals surface area contributed by atoms with Gasteiger partial charge in [0.05, 0.1) is 29.7 Å². The molecule has 1 amide bonds. The number of nitrogens with one attached hydrogen (secondary N) is 2. The van der Waals surface area contributed by atoms with E-state index in [4.69, 9.17) is 0 Å². The van der Waals surface area contributed by atoms with Crippen molar-refractivity contribution in [2.75, 3.05) is 28.6 Å². The number of pyridine rings is 1. The minimum absolute atomic E-state index is 0.0217. The Morgan fingerprint density at radius 3 is 2.76 bits per heavy atom. The number of hydrogen-bond donors (Lipinski definition) is 2. The number of rotatable bonds is 5. The Kier molecular flexibility index (Phi) is 5.31. The summed E-state index contributed by atoms with van der Waals surface area (Å²) in [5.41, 5.74) is 2.87. The molecule has 1 aliphatic rings. The topological polar surface area (TPSA) is 87.5 Å². The summed E-state index contributed by atoms with van der Waals surface area (Å²) < 4.78 is 40.4. The SMILES string of the molecule is Cc1ccc(C(=O)Nc2cncc(C(F)(F)F)c2)cc1NC1CN(c2cnn3cccnc23)C1. The van der Waals surface area contributed by atoms with Crippen LogP contribution in [0.1, 0.15) is 21.5 Å². The summed E-state index contributed by atoms with van der Waals surface area (Å²) in [6, 6.07) is 7.96. The molecule has 4 heterocycles. The highest BCUT2D eigenvalue weighted by Crippen LogP contribution is 2.30. The summed E-state index contributed by atoms with van der Waals surface area (Å²) in [5.74, 6) is -0.517. The molecular weight excluding hydrogens is 447 g/mol. The molecule has 1 saturated heterocycles. The molecule has 0 bridgehead atoms. The molecule has 11 heteroatoms. The molecule has 0 radical (unpaired) electrons. The summed E-state index contributed by atoms with van der Waals surface area (Å²) in [4.78, 5) is 22.8. The first-order valence-electron chi connectivity index (χ1n) is 10.5. The van der Waals surface area contributed by atoms with Crippen LogP contribution in [0.5, 0.6) is 0 Å². The van der Waals surface area contributed by atoms with E-state index in [1.54, 1.807) is 35.1 Å².